The Hall–Kier alpha value is -1.26. The summed E-state index contributed by atoms with van der Waals surface area (Å²) in [4.78, 5) is 7.24. The predicted octanol–water partition coefficient (Wildman–Crippen LogP) is 3.14. The summed E-state index contributed by atoms with van der Waals surface area (Å²) in [5, 5.41) is 2.43. The van der Waals surface area contributed by atoms with Gasteiger partial charge in [-0.2, -0.15) is 11.8 Å². The van der Waals surface area contributed by atoms with Crippen molar-refractivity contribution in [2.24, 2.45) is 0 Å². The van der Waals surface area contributed by atoms with Crippen molar-refractivity contribution in [2.45, 2.75) is 30.9 Å². The van der Waals surface area contributed by atoms with E-state index in [1.54, 1.807) is 0 Å². The maximum Gasteiger partial charge on any atom is 0.0726 e. The molecule has 4 heteroatoms. The van der Waals surface area contributed by atoms with Crippen molar-refractivity contribution in [2.75, 3.05) is 18.8 Å². The highest BCUT2D eigenvalue weighted by atomic mass is 32.2. The third kappa shape index (κ3) is 2.91. The number of fused-ring (bicyclic) bond motifs is 1. The number of aromatic nitrogens is 1. The number of nitrogen functional groups attached to an aromatic ring is 1. The summed E-state index contributed by atoms with van der Waals surface area (Å²) in [5.41, 5.74) is 9.06. The van der Waals surface area contributed by atoms with Gasteiger partial charge in [0.05, 0.1) is 11.2 Å². The highest BCUT2D eigenvalue weighted by Gasteiger charge is 2.22. The lowest BCUT2D eigenvalue weighted by Gasteiger charge is -2.34. The SMILES string of the molecule is CC1CN(Cc2cc(N)c3ccccc3n2)CC(C)S1. The van der Waals surface area contributed by atoms with E-state index >= 15 is 0 Å². The fourth-order valence-corrected chi connectivity index (χ4v) is 4.37. The summed E-state index contributed by atoms with van der Waals surface area (Å²) in [7, 11) is 0. The quantitative estimate of drug-likeness (QED) is 0.921. The Kier molecular flexibility index (Phi) is 3.85. The van der Waals surface area contributed by atoms with Crippen LogP contribution in [0.4, 0.5) is 5.69 Å². The average Bonchev–Trinajstić information content (AvgIpc) is 2.37. The topological polar surface area (TPSA) is 42.1 Å². The zero-order chi connectivity index (χ0) is 14.1. The van der Waals surface area contributed by atoms with Crippen molar-refractivity contribution in [3.63, 3.8) is 0 Å². The molecular formula is C16H21N3S. The lowest BCUT2D eigenvalue weighted by atomic mass is 10.1. The Bertz CT molecular complexity index is 604. The molecule has 3 nitrogen and oxygen atoms in total. The van der Waals surface area contributed by atoms with Crippen LogP contribution in [0.25, 0.3) is 10.9 Å². The van der Waals surface area contributed by atoms with E-state index in [9.17, 15) is 0 Å². The van der Waals surface area contributed by atoms with Gasteiger partial charge in [-0.05, 0) is 12.1 Å². The maximum absolute atomic E-state index is 6.15. The van der Waals surface area contributed by atoms with Gasteiger partial charge in [-0.25, -0.2) is 0 Å². The fourth-order valence-electron chi connectivity index (χ4n) is 2.98. The minimum absolute atomic E-state index is 0.691. The van der Waals surface area contributed by atoms with Crippen molar-refractivity contribution in [1.82, 2.24) is 9.88 Å². The van der Waals surface area contributed by atoms with E-state index in [4.69, 9.17) is 10.7 Å². The molecule has 0 bridgehead atoms. The number of rotatable bonds is 2. The number of nitrogens with two attached hydrogens (primary N) is 1. The van der Waals surface area contributed by atoms with Crippen LogP contribution in [0.2, 0.25) is 0 Å². The van der Waals surface area contributed by atoms with E-state index in [-0.39, 0.29) is 0 Å². The molecule has 2 aromatic rings. The van der Waals surface area contributed by atoms with Gasteiger partial charge < -0.3 is 5.73 Å². The summed E-state index contributed by atoms with van der Waals surface area (Å²) < 4.78 is 0. The Morgan fingerprint density at radius 1 is 1.25 bits per heavy atom. The third-order valence-electron chi connectivity index (χ3n) is 3.68. The number of anilines is 1. The van der Waals surface area contributed by atoms with Crippen LogP contribution >= 0.6 is 11.8 Å². The molecule has 3 rings (SSSR count). The lowest BCUT2D eigenvalue weighted by molar-refractivity contribution is 0.260. The summed E-state index contributed by atoms with van der Waals surface area (Å²) >= 11 is 2.07. The molecule has 2 atom stereocenters. The number of pyridine rings is 1. The standard InChI is InChI=1S/C16H21N3S/c1-11-8-19(9-12(2)20-11)10-13-7-15(17)14-5-3-4-6-16(14)18-13/h3-7,11-12H,8-10H2,1-2H3,(H2,17,18). The summed E-state index contributed by atoms with van der Waals surface area (Å²) in [6.07, 6.45) is 0. The van der Waals surface area contributed by atoms with E-state index in [1.165, 1.54) is 0 Å². The monoisotopic (exact) mass is 287 g/mol. The first kappa shape index (κ1) is 13.7. The van der Waals surface area contributed by atoms with Crippen molar-refractivity contribution in [1.29, 1.82) is 0 Å². The molecule has 2 heterocycles. The maximum atomic E-state index is 6.15. The first-order valence-corrected chi connectivity index (χ1v) is 8.08. The van der Waals surface area contributed by atoms with E-state index in [0.717, 1.165) is 41.9 Å². The van der Waals surface area contributed by atoms with Crippen LogP contribution in [0.5, 0.6) is 0 Å². The number of para-hydroxylation sites is 1. The lowest BCUT2D eigenvalue weighted by Crippen LogP contribution is -2.39. The smallest absolute Gasteiger partial charge is 0.0726 e. The Morgan fingerprint density at radius 3 is 2.70 bits per heavy atom. The molecule has 0 radical (unpaired) electrons. The minimum atomic E-state index is 0.691. The fraction of sp³-hybridized carbons (Fsp3) is 0.438. The molecule has 1 aliphatic rings. The molecular weight excluding hydrogens is 266 g/mol. The van der Waals surface area contributed by atoms with Crippen molar-refractivity contribution in [3.05, 3.63) is 36.0 Å². The van der Waals surface area contributed by atoms with Gasteiger partial charge in [-0.3, -0.25) is 9.88 Å². The summed E-state index contributed by atoms with van der Waals surface area (Å²) in [5.74, 6) is 0. The number of benzene rings is 1. The normalized spacial score (nSPS) is 24.1. The Balaban J connectivity index is 1.84. The first-order chi connectivity index (χ1) is 9.61. The number of hydrogen-bond acceptors (Lipinski definition) is 4. The molecule has 2 unspecified atom stereocenters. The van der Waals surface area contributed by atoms with Crippen molar-refractivity contribution >= 4 is 28.4 Å². The van der Waals surface area contributed by atoms with E-state index in [1.807, 2.05) is 30.3 Å². The van der Waals surface area contributed by atoms with Crippen LogP contribution in [-0.2, 0) is 6.54 Å². The van der Waals surface area contributed by atoms with Gasteiger partial charge in [0.2, 0.25) is 0 Å². The molecule has 1 aromatic heterocycles. The van der Waals surface area contributed by atoms with Crippen molar-refractivity contribution in [3.8, 4) is 0 Å². The van der Waals surface area contributed by atoms with Gasteiger partial charge in [0, 0.05) is 41.2 Å². The second-order valence-corrected chi connectivity index (χ2v) is 7.55. The van der Waals surface area contributed by atoms with E-state index in [0.29, 0.717) is 10.5 Å². The van der Waals surface area contributed by atoms with Crippen molar-refractivity contribution < 1.29 is 0 Å². The molecule has 0 spiro atoms. The highest BCUT2D eigenvalue weighted by Crippen LogP contribution is 2.26. The van der Waals surface area contributed by atoms with Gasteiger partial charge in [0.15, 0.2) is 0 Å². The van der Waals surface area contributed by atoms with Crippen LogP contribution in [0.3, 0.4) is 0 Å². The van der Waals surface area contributed by atoms with E-state index < -0.39 is 0 Å². The molecule has 0 amide bonds. The summed E-state index contributed by atoms with van der Waals surface area (Å²) in [6.45, 7) is 7.75. The molecule has 2 N–H and O–H groups in total. The number of hydrogen-bond donors (Lipinski definition) is 1. The molecule has 106 valence electrons. The van der Waals surface area contributed by atoms with E-state index in [2.05, 4.69) is 30.5 Å². The van der Waals surface area contributed by atoms with Crippen LogP contribution < -0.4 is 5.73 Å². The second kappa shape index (κ2) is 5.62. The molecule has 1 aliphatic heterocycles. The van der Waals surface area contributed by atoms with Crippen LogP contribution in [0.1, 0.15) is 19.5 Å². The van der Waals surface area contributed by atoms with Gasteiger partial charge in [0.25, 0.3) is 0 Å². The molecule has 0 aliphatic carbocycles. The van der Waals surface area contributed by atoms with Gasteiger partial charge in [-0.1, -0.05) is 32.0 Å². The first-order valence-electron chi connectivity index (χ1n) is 7.14. The second-order valence-electron chi connectivity index (χ2n) is 5.67. The molecule has 1 aromatic carbocycles. The number of nitrogens with zero attached hydrogens (tertiary/aromatic N) is 2. The zero-order valence-electron chi connectivity index (χ0n) is 12.0. The Morgan fingerprint density at radius 2 is 1.95 bits per heavy atom. The molecule has 20 heavy (non-hydrogen) atoms. The molecule has 1 saturated heterocycles. The molecule has 1 fully saturated rings. The van der Waals surface area contributed by atoms with Crippen LogP contribution in [0, 0.1) is 0 Å². The number of thioether (sulfide) groups is 1. The van der Waals surface area contributed by atoms with Crippen LogP contribution in [0.15, 0.2) is 30.3 Å². The predicted molar refractivity (Wildman–Crippen MR) is 87.9 cm³/mol. The van der Waals surface area contributed by atoms with Gasteiger partial charge in [0.1, 0.15) is 0 Å². The minimum Gasteiger partial charge on any atom is -0.398 e. The highest BCUT2D eigenvalue weighted by molar-refractivity contribution is 8.00. The molecule has 0 saturated carbocycles. The van der Waals surface area contributed by atoms with Crippen LogP contribution in [-0.4, -0.2) is 33.5 Å². The zero-order valence-corrected chi connectivity index (χ0v) is 12.9. The van der Waals surface area contributed by atoms with Gasteiger partial charge >= 0.3 is 0 Å². The average molecular weight is 287 g/mol. The summed E-state index contributed by atoms with van der Waals surface area (Å²) in [6, 6.07) is 10.1. The largest absolute Gasteiger partial charge is 0.398 e. The Labute approximate surface area is 124 Å². The third-order valence-corrected chi connectivity index (χ3v) is 4.91. The van der Waals surface area contributed by atoms with Gasteiger partial charge in [-0.15, -0.1) is 0 Å².